The largest absolute Gasteiger partial charge is 0.474 e. The van der Waals surface area contributed by atoms with Gasteiger partial charge in [0, 0.05) is 23.9 Å². The van der Waals surface area contributed by atoms with Crippen LogP contribution in [-0.2, 0) is 16.0 Å². The summed E-state index contributed by atoms with van der Waals surface area (Å²) in [4.78, 5) is 37.2. The van der Waals surface area contributed by atoms with Gasteiger partial charge in [-0.05, 0) is 77.7 Å². The molecule has 2 aliphatic carbocycles. The summed E-state index contributed by atoms with van der Waals surface area (Å²) < 4.78 is 12.0. The molecular formula is C24H34N4O4S. The van der Waals surface area contributed by atoms with Crippen molar-refractivity contribution in [1.29, 1.82) is 0 Å². The lowest BCUT2D eigenvalue weighted by Gasteiger charge is -2.37. The lowest BCUT2D eigenvalue weighted by atomic mass is 9.92. The van der Waals surface area contributed by atoms with Crippen molar-refractivity contribution in [3.8, 4) is 5.88 Å². The third kappa shape index (κ3) is 5.23. The van der Waals surface area contributed by atoms with E-state index in [1.165, 1.54) is 4.88 Å². The molecular weight excluding hydrogens is 440 g/mol. The van der Waals surface area contributed by atoms with Crippen LogP contribution in [0.5, 0.6) is 5.88 Å². The molecule has 0 aliphatic heterocycles. The number of primary amides is 1. The predicted octanol–water partition coefficient (Wildman–Crippen LogP) is 4.54. The normalized spacial score (nSPS) is 22.7. The monoisotopic (exact) mass is 474 g/mol. The number of ether oxygens (including phenoxy) is 2. The van der Waals surface area contributed by atoms with Crippen LogP contribution in [0.15, 0.2) is 6.33 Å². The SMILES string of the molecule is CCN(C(=O)OC(C)(C)C)C1CCC(Oc2ncnc3sc4c(c23)[C@@H](CC(N)=O)CC4)CC1. The standard InChI is InChI=1S/C24H34N4O4S/c1-5-28(23(30)32-24(2,3)4)15-7-9-16(10-8-15)31-21-20-19-14(12-18(25)29)6-11-17(19)33-22(20)27-13-26-21/h13-16H,5-12H2,1-4H3,(H2,25,29)/t14-,15?,16?/m1/s1. The van der Waals surface area contributed by atoms with Gasteiger partial charge in [-0.2, -0.15) is 0 Å². The Kier molecular flexibility index (Phi) is 6.79. The molecule has 4 rings (SSSR count). The number of carbonyl (C=O) groups is 2. The van der Waals surface area contributed by atoms with E-state index in [0.717, 1.165) is 54.3 Å². The first-order chi connectivity index (χ1) is 15.7. The van der Waals surface area contributed by atoms with Crippen LogP contribution in [0, 0.1) is 0 Å². The highest BCUT2D eigenvalue weighted by atomic mass is 32.1. The van der Waals surface area contributed by atoms with Crippen LogP contribution in [-0.4, -0.2) is 51.2 Å². The maximum absolute atomic E-state index is 12.6. The van der Waals surface area contributed by atoms with Crippen molar-refractivity contribution in [3.05, 3.63) is 16.8 Å². The van der Waals surface area contributed by atoms with E-state index < -0.39 is 5.60 Å². The second-order valence-corrected chi connectivity index (χ2v) is 11.1. The minimum atomic E-state index is -0.504. The van der Waals surface area contributed by atoms with Crippen LogP contribution in [0.1, 0.15) is 82.6 Å². The van der Waals surface area contributed by atoms with E-state index in [4.69, 9.17) is 15.2 Å². The molecule has 0 unspecified atom stereocenters. The Morgan fingerprint density at radius 3 is 2.55 bits per heavy atom. The number of hydrogen-bond acceptors (Lipinski definition) is 7. The zero-order chi connectivity index (χ0) is 23.8. The summed E-state index contributed by atoms with van der Waals surface area (Å²) in [6, 6.07) is 0.153. The molecule has 33 heavy (non-hydrogen) atoms. The van der Waals surface area contributed by atoms with Crippen LogP contribution in [0.4, 0.5) is 4.79 Å². The van der Waals surface area contributed by atoms with Gasteiger partial charge in [0.05, 0.1) is 5.39 Å². The second kappa shape index (κ2) is 9.44. The first-order valence-corrected chi connectivity index (χ1v) is 12.7. The molecule has 2 N–H and O–H groups in total. The maximum Gasteiger partial charge on any atom is 0.410 e. The number of fused-ring (bicyclic) bond motifs is 3. The van der Waals surface area contributed by atoms with Gasteiger partial charge in [-0.1, -0.05) is 0 Å². The van der Waals surface area contributed by atoms with Gasteiger partial charge >= 0.3 is 6.09 Å². The summed E-state index contributed by atoms with van der Waals surface area (Å²) in [6.45, 7) is 8.28. The zero-order valence-electron chi connectivity index (χ0n) is 19.9. The summed E-state index contributed by atoms with van der Waals surface area (Å²) in [7, 11) is 0. The smallest absolute Gasteiger partial charge is 0.410 e. The number of rotatable bonds is 6. The van der Waals surface area contributed by atoms with E-state index in [2.05, 4.69) is 9.97 Å². The number of nitrogens with zero attached hydrogens (tertiary/aromatic N) is 3. The molecule has 2 aromatic heterocycles. The van der Waals surface area contributed by atoms with Crippen molar-refractivity contribution in [2.45, 2.75) is 96.3 Å². The highest BCUT2D eigenvalue weighted by Crippen LogP contribution is 2.47. The van der Waals surface area contributed by atoms with Gasteiger partial charge in [0.25, 0.3) is 0 Å². The number of aromatic nitrogens is 2. The number of hydrogen-bond donors (Lipinski definition) is 1. The van der Waals surface area contributed by atoms with E-state index in [1.54, 1.807) is 17.7 Å². The van der Waals surface area contributed by atoms with Gasteiger partial charge in [-0.3, -0.25) is 4.79 Å². The average Bonchev–Trinajstić information content (AvgIpc) is 3.28. The number of amides is 2. The summed E-state index contributed by atoms with van der Waals surface area (Å²) >= 11 is 1.67. The van der Waals surface area contributed by atoms with Gasteiger partial charge in [0.2, 0.25) is 11.8 Å². The lowest BCUT2D eigenvalue weighted by molar-refractivity contribution is -0.118. The highest BCUT2D eigenvalue weighted by molar-refractivity contribution is 7.19. The molecule has 0 aromatic carbocycles. The minimum Gasteiger partial charge on any atom is -0.474 e. The van der Waals surface area contributed by atoms with Crippen molar-refractivity contribution in [2.75, 3.05) is 6.54 Å². The maximum atomic E-state index is 12.6. The fourth-order valence-corrected chi connectivity index (χ4v) is 6.30. The molecule has 0 bridgehead atoms. The Bertz CT molecular complexity index is 1020. The molecule has 1 saturated carbocycles. The molecule has 9 heteroatoms. The Labute approximate surface area is 198 Å². The van der Waals surface area contributed by atoms with Gasteiger partial charge in [-0.15, -0.1) is 11.3 Å². The number of nitrogens with two attached hydrogens (primary N) is 1. The fraction of sp³-hybridized carbons (Fsp3) is 0.667. The van der Waals surface area contributed by atoms with Crippen molar-refractivity contribution >= 4 is 33.6 Å². The summed E-state index contributed by atoms with van der Waals surface area (Å²) in [6.07, 6.45) is 6.95. The summed E-state index contributed by atoms with van der Waals surface area (Å²) in [5, 5.41) is 0.951. The van der Waals surface area contributed by atoms with Crippen LogP contribution >= 0.6 is 11.3 Å². The third-order valence-corrected chi connectivity index (χ3v) is 7.65. The molecule has 0 radical (unpaired) electrons. The molecule has 0 saturated heterocycles. The zero-order valence-corrected chi connectivity index (χ0v) is 20.7. The Balaban J connectivity index is 1.45. The third-order valence-electron chi connectivity index (χ3n) is 6.47. The Hall–Kier alpha value is -2.42. The number of aryl methyl sites for hydroxylation is 1. The van der Waals surface area contributed by atoms with Crippen LogP contribution < -0.4 is 10.5 Å². The number of thiophene rings is 1. The van der Waals surface area contributed by atoms with Gasteiger partial charge in [0.15, 0.2) is 0 Å². The first kappa shape index (κ1) is 23.7. The topological polar surface area (TPSA) is 108 Å². The first-order valence-electron chi connectivity index (χ1n) is 11.9. The van der Waals surface area contributed by atoms with Crippen molar-refractivity contribution in [1.82, 2.24) is 14.9 Å². The second-order valence-electron chi connectivity index (χ2n) is 10.0. The number of carbonyl (C=O) groups excluding carboxylic acids is 2. The van der Waals surface area contributed by atoms with Crippen molar-refractivity contribution < 1.29 is 19.1 Å². The van der Waals surface area contributed by atoms with E-state index in [1.807, 2.05) is 32.6 Å². The molecule has 2 heterocycles. The Morgan fingerprint density at radius 1 is 1.18 bits per heavy atom. The van der Waals surface area contributed by atoms with E-state index in [9.17, 15) is 9.59 Å². The lowest BCUT2D eigenvalue weighted by Crippen LogP contribution is -2.45. The van der Waals surface area contributed by atoms with E-state index >= 15 is 0 Å². The fourth-order valence-electron chi connectivity index (χ4n) is 5.07. The molecule has 0 spiro atoms. The van der Waals surface area contributed by atoms with Crippen molar-refractivity contribution in [2.24, 2.45) is 5.73 Å². The molecule has 8 nitrogen and oxygen atoms in total. The molecule has 2 amide bonds. The van der Waals surface area contributed by atoms with Crippen LogP contribution in [0.2, 0.25) is 0 Å². The summed E-state index contributed by atoms with van der Waals surface area (Å²) in [5.74, 6) is 0.439. The molecule has 180 valence electrons. The molecule has 2 aromatic rings. The van der Waals surface area contributed by atoms with Gasteiger partial charge in [0.1, 0.15) is 22.9 Å². The van der Waals surface area contributed by atoms with Crippen LogP contribution in [0.3, 0.4) is 0 Å². The minimum absolute atomic E-state index is 0.0308. The van der Waals surface area contributed by atoms with Gasteiger partial charge < -0.3 is 20.1 Å². The predicted molar refractivity (Wildman–Crippen MR) is 128 cm³/mol. The summed E-state index contributed by atoms with van der Waals surface area (Å²) in [5.41, 5.74) is 6.15. The quantitative estimate of drug-likeness (QED) is 0.658. The Morgan fingerprint density at radius 2 is 1.91 bits per heavy atom. The highest BCUT2D eigenvalue weighted by Gasteiger charge is 2.34. The van der Waals surface area contributed by atoms with Gasteiger partial charge in [-0.25, -0.2) is 14.8 Å². The van der Waals surface area contributed by atoms with Crippen molar-refractivity contribution in [3.63, 3.8) is 0 Å². The molecule has 2 aliphatic rings. The van der Waals surface area contributed by atoms with E-state index in [0.29, 0.717) is 18.8 Å². The molecule has 1 atom stereocenters. The van der Waals surface area contributed by atoms with E-state index in [-0.39, 0.29) is 30.1 Å². The molecule has 1 fully saturated rings. The average molecular weight is 475 g/mol. The van der Waals surface area contributed by atoms with Crippen LogP contribution in [0.25, 0.3) is 10.2 Å².